The summed E-state index contributed by atoms with van der Waals surface area (Å²) in [5.74, 6) is 2.32. The van der Waals surface area contributed by atoms with Gasteiger partial charge in [0.15, 0.2) is 11.5 Å². The Bertz CT molecular complexity index is 791. The summed E-state index contributed by atoms with van der Waals surface area (Å²) >= 11 is 0. The fourth-order valence-electron chi connectivity index (χ4n) is 5.96. The zero-order valence-electron chi connectivity index (χ0n) is 17.9. The predicted molar refractivity (Wildman–Crippen MR) is 111 cm³/mol. The van der Waals surface area contributed by atoms with Crippen molar-refractivity contribution in [3.63, 3.8) is 0 Å². The number of carbonyl (C=O) groups excluding carboxylic acids is 1. The van der Waals surface area contributed by atoms with Crippen molar-refractivity contribution in [1.29, 1.82) is 0 Å². The molecule has 3 fully saturated rings. The van der Waals surface area contributed by atoms with Crippen LogP contribution < -0.4 is 14.8 Å². The Morgan fingerprint density at radius 1 is 1.28 bits per heavy atom. The minimum Gasteiger partial charge on any atom is -0.493 e. The lowest BCUT2D eigenvalue weighted by molar-refractivity contribution is -0.675. The topological polar surface area (TPSA) is 61.4 Å². The Kier molecular flexibility index (Phi) is 5.60. The monoisotopic (exact) mass is 400 g/mol. The van der Waals surface area contributed by atoms with Gasteiger partial charge in [0, 0.05) is 11.5 Å². The molecule has 1 saturated heterocycles. The summed E-state index contributed by atoms with van der Waals surface area (Å²) < 4.78 is 16.6. The largest absolute Gasteiger partial charge is 0.493 e. The number of ether oxygens (including phenoxy) is 3. The summed E-state index contributed by atoms with van der Waals surface area (Å²) in [6.07, 6.45) is 5.74. The summed E-state index contributed by atoms with van der Waals surface area (Å²) in [5, 5.41) is 2.22. The third-order valence-electron chi connectivity index (χ3n) is 7.57. The van der Waals surface area contributed by atoms with Crippen LogP contribution in [0.25, 0.3) is 0 Å². The van der Waals surface area contributed by atoms with Crippen molar-refractivity contribution in [3.05, 3.63) is 35.9 Å². The molecule has 2 aliphatic carbocycles. The number of quaternary nitrogens is 1. The van der Waals surface area contributed by atoms with Gasteiger partial charge in [0.05, 0.1) is 20.8 Å². The number of esters is 1. The lowest BCUT2D eigenvalue weighted by Gasteiger charge is -2.49. The smallest absolute Gasteiger partial charge is 0.315 e. The molecule has 0 spiro atoms. The highest BCUT2D eigenvalue weighted by Gasteiger charge is 2.55. The quantitative estimate of drug-likeness (QED) is 0.589. The van der Waals surface area contributed by atoms with Crippen LogP contribution in [0.1, 0.15) is 44.6 Å². The highest BCUT2D eigenvalue weighted by Crippen LogP contribution is 2.56. The maximum atomic E-state index is 12.7. The molecule has 2 saturated carbocycles. The standard InChI is InChI=1S/C24H33NO4/c1-15-6-5-9-24(2)12-22-17(11-19(15)24)18(23(26)29-22)14-25-13-16-7-8-20(27-3)21(10-16)28-4/h7-8,10,17-19,22,25H,1,5-6,9,11-14H2,2-4H3/p+1/t17-,18-,19+,22-,24-/m1/s1. The normalized spacial score (nSPS) is 33.6. The minimum atomic E-state index is -0.0144. The second-order valence-corrected chi connectivity index (χ2v) is 9.32. The molecule has 1 aromatic rings. The zero-order chi connectivity index (χ0) is 20.6. The molecule has 0 amide bonds. The first-order chi connectivity index (χ1) is 13.9. The van der Waals surface area contributed by atoms with E-state index >= 15 is 0 Å². The first-order valence-corrected chi connectivity index (χ1v) is 10.9. The molecule has 0 aromatic heterocycles. The molecular weight excluding hydrogens is 366 g/mol. The molecule has 5 heteroatoms. The van der Waals surface area contributed by atoms with E-state index < -0.39 is 0 Å². The molecular formula is C24H34NO4+. The molecule has 0 unspecified atom stereocenters. The van der Waals surface area contributed by atoms with Crippen molar-refractivity contribution in [1.82, 2.24) is 0 Å². The maximum Gasteiger partial charge on any atom is 0.315 e. The van der Waals surface area contributed by atoms with E-state index in [0.717, 1.165) is 49.4 Å². The SMILES string of the molecule is C=C1CCC[C@]2(C)C[C@H]3OC(=O)[C@H](C[NH2+]Cc4ccc(OC)c(OC)c4)[C@H]3C[C@@H]12. The number of methoxy groups -OCH3 is 2. The Hall–Kier alpha value is -2.01. The van der Waals surface area contributed by atoms with Gasteiger partial charge < -0.3 is 19.5 Å². The molecule has 2 N–H and O–H groups in total. The van der Waals surface area contributed by atoms with Gasteiger partial charge in [-0.05, 0) is 61.6 Å². The molecule has 0 radical (unpaired) electrons. The van der Waals surface area contributed by atoms with Crippen LogP contribution in [0.2, 0.25) is 0 Å². The van der Waals surface area contributed by atoms with Crippen LogP contribution in [0.3, 0.4) is 0 Å². The van der Waals surface area contributed by atoms with Gasteiger partial charge in [-0.25, -0.2) is 0 Å². The number of hydrogen-bond donors (Lipinski definition) is 1. The Labute approximate surface area is 173 Å². The van der Waals surface area contributed by atoms with E-state index in [9.17, 15) is 4.79 Å². The van der Waals surface area contributed by atoms with Crippen molar-refractivity contribution in [3.8, 4) is 11.5 Å². The van der Waals surface area contributed by atoms with Gasteiger partial charge in [-0.2, -0.15) is 0 Å². The highest BCUT2D eigenvalue weighted by molar-refractivity contribution is 5.75. The molecule has 5 nitrogen and oxygen atoms in total. The Morgan fingerprint density at radius 2 is 2.07 bits per heavy atom. The highest BCUT2D eigenvalue weighted by atomic mass is 16.6. The minimum absolute atomic E-state index is 0.00331. The zero-order valence-corrected chi connectivity index (χ0v) is 17.9. The molecule has 29 heavy (non-hydrogen) atoms. The average molecular weight is 401 g/mol. The van der Waals surface area contributed by atoms with Crippen molar-refractivity contribution in [2.45, 2.75) is 51.7 Å². The first-order valence-electron chi connectivity index (χ1n) is 10.9. The number of hydrogen-bond acceptors (Lipinski definition) is 4. The number of allylic oxidation sites excluding steroid dienone is 1. The fourth-order valence-corrected chi connectivity index (χ4v) is 5.96. The van der Waals surface area contributed by atoms with Gasteiger partial charge in [-0.15, -0.1) is 0 Å². The van der Waals surface area contributed by atoms with E-state index in [-0.39, 0.29) is 23.4 Å². The van der Waals surface area contributed by atoms with E-state index in [1.807, 2.05) is 18.2 Å². The molecule has 0 bridgehead atoms. The predicted octanol–water partition coefficient (Wildman–Crippen LogP) is 3.08. The van der Waals surface area contributed by atoms with Gasteiger partial charge >= 0.3 is 5.97 Å². The summed E-state index contributed by atoms with van der Waals surface area (Å²) in [5.41, 5.74) is 2.81. The molecule has 5 atom stereocenters. The molecule has 1 aromatic carbocycles. The number of nitrogens with two attached hydrogens (primary N) is 1. The summed E-state index contributed by atoms with van der Waals surface area (Å²) in [6, 6.07) is 5.98. The summed E-state index contributed by atoms with van der Waals surface area (Å²) in [7, 11) is 3.29. The van der Waals surface area contributed by atoms with Crippen molar-refractivity contribution < 1.29 is 24.3 Å². The van der Waals surface area contributed by atoms with Crippen LogP contribution in [0.15, 0.2) is 30.4 Å². The van der Waals surface area contributed by atoms with Crippen LogP contribution in [-0.2, 0) is 16.1 Å². The molecule has 158 valence electrons. The van der Waals surface area contributed by atoms with Crippen LogP contribution >= 0.6 is 0 Å². The number of rotatable bonds is 6. The van der Waals surface area contributed by atoms with Crippen LogP contribution in [-0.4, -0.2) is 32.8 Å². The first kappa shape index (κ1) is 20.3. The molecule has 4 rings (SSSR count). The van der Waals surface area contributed by atoms with Gasteiger partial charge in [0.2, 0.25) is 0 Å². The van der Waals surface area contributed by atoms with E-state index in [0.29, 0.717) is 11.8 Å². The van der Waals surface area contributed by atoms with Crippen LogP contribution in [0, 0.1) is 23.2 Å². The lowest BCUT2D eigenvalue weighted by atomic mass is 9.55. The second kappa shape index (κ2) is 8.02. The lowest BCUT2D eigenvalue weighted by Crippen LogP contribution is -2.84. The molecule has 1 heterocycles. The van der Waals surface area contributed by atoms with Gasteiger partial charge in [-0.1, -0.05) is 19.1 Å². The van der Waals surface area contributed by atoms with Crippen LogP contribution in [0.5, 0.6) is 11.5 Å². The molecule has 1 aliphatic heterocycles. The fraction of sp³-hybridized carbons (Fsp3) is 0.625. The number of carbonyl (C=O) groups is 1. The van der Waals surface area contributed by atoms with Crippen molar-refractivity contribution >= 4 is 5.97 Å². The number of fused-ring (bicyclic) bond motifs is 2. The molecule has 3 aliphatic rings. The van der Waals surface area contributed by atoms with Crippen molar-refractivity contribution in [2.24, 2.45) is 23.2 Å². The van der Waals surface area contributed by atoms with Gasteiger partial charge in [0.1, 0.15) is 18.6 Å². The van der Waals surface area contributed by atoms with E-state index in [1.54, 1.807) is 14.2 Å². The summed E-state index contributed by atoms with van der Waals surface area (Å²) in [4.78, 5) is 12.7. The third kappa shape index (κ3) is 3.77. The van der Waals surface area contributed by atoms with E-state index in [1.165, 1.54) is 18.4 Å². The van der Waals surface area contributed by atoms with Gasteiger partial charge in [-0.3, -0.25) is 4.79 Å². The van der Waals surface area contributed by atoms with Gasteiger partial charge in [0.25, 0.3) is 0 Å². The maximum absolute atomic E-state index is 12.7. The van der Waals surface area contributed by atoms with Crippen LogP contribution in [0.4, 0.5) is 0 Å². The Morgan fingerprint density at radius 3 is 2.83 bits per heavy atom. The number of benzene rings is 1. The average Bonchev–Trinajstić information content (AvgIpc) is 3.00. The van der Waals surface area contributed by atoms with Crippen molar-refractivity contribution in [2.75, 3.05) is 20.8 Å². The van der Waals surface area contributed by atoms with E-state index in [2.05, 4.69) is 18.8 Å². The second-order valence-electron chi connectivity index (χ2n) is 9.32. The summed E-state index contributed by atoms with van der Waals surface area (Å²) in [6.45, 7) is 8.33. The Balaban J connectivity index is 1.39. The van der Waals surface area contributed by atoms with E-state index in [4.69, 9.17) is 14.2 Å². The third-order valence-corrected chi connectivity index (χ3v) is 7.57.